The van der Waals surface area contributed by atoms with E-state index < -0.39 is 5.82 Å². The highest BCUT2D eigenvalue weighted by atomic mass is 79.9. The number of aromatic nitrogens is 1. The molecular weight excluding hydrogens is 317 g/mol. The maximum atomic E-state index is 13.6. The molecule has 0 bridgehead atoms. The number of ether oxygens (including phenoxy) is 3. The van der Waals surface area contributed by atoms with Gasteiger partial charge in [-0.15, -0.1) is 0 Å². The summed E-state index contributed by atoms with van der Waals surface area (Å²) in [5, 5.41) is 0. The summed E-state index contributed by atoms with van der Waals surface area (Å²) in [7, 11) is 3.05. The lowest BCUT2D eigenvalue weighted by Crippen LogP contribution is -1.94. The van der Waals surface area contributed by atoms with Crippen molar-refractivity contribution in [2.45, 2.75) is 0 Å². The minimum absolute atomic E-state index is 0.112. The van der Waals surface area contributed by atoms with Crippen molar-refractivity contribution in [2.75, 3.05) is 14.2 Å². The first-order valence-corrected chi connectivity index (χ1v) is 6.13. The topological polar surface area (TPSA) is 40.6 Å². The van der Waals surface area contributed by atoms with Crippen molar-refractivity contribution in [3.8, 4) is 23.1 Å². The molecule has 0 N–H and O–H groups in total. The van der Waals surface area contributed by atoms with E-state index in [2.05, 4.69) is 20.9 Å². The summed E-state index contributed by atoms with van der Waals surface area (Å²) in [4.78, 5) is 3.86. The number of rotatable bonds is 4. The first-order valence-electron chi connectivity index (χ1n) is 5.34. The van der Waals surface area contributed by atoms with Crippen LogP contribution in [0.1, 0.15) is 0 Å². The van der Waals surface area contributed by atoms with Crippen LogP contribution in [-0.4, -0.2) is 19.2 Å². The molecule has 2 aromatic rings. The van der Waals surface area contributed by atoms with Gasteiger partial charge in [0.05, 0.1) is 14.2 Å². The average Bonchev–Trinajstić information content (AvgIpc) is 2.41. The van der Waals surface area contributed by atoms with Gasteiger partial charge in [0.15, 0.2) is 5.82 Å². The van der Waals surface area contributed by atoms with Crippen molar-refractivity contribution in [1.82, 2.24) is 4.98 Å². The summed E-state index contributed by atoms with van der Waals surface area (Å²) >= 11 is 3.13. The zero-order valence-electron chi connectivity index (χ0n) is 10.3. The van der Waals surface area contributed by atoms with Gasteiger partial charge in [0.25, 0.3) is 5.88 Å². The Morgan fingerprint density at radius 3 is 2.11 bits per heavy atom. The Bertz CT molecular complexity index is 570. The van der Waals surface area contributed by atoms with Gasteiger partial charge in [0.1, 0.15) is 17.2 Å². The maximum absolute atomic E-state index is 13.6. The smallest absolute Gasteiger partial charge is 0.255 e. The van der Waals surface area contributed by atoms with Gasteiger partial charge < -0.3 is 14.2 Å². The molecule has 1 heterocycles. The first-order chi connectivity index (χ1) is 9.12. The third-order valence-corrected chi connectivity index (χ3v) is 2.75. The zero-order chi connectivity index (χ0) is 13.8. The van der Waals surface area contributed by atoms with E-state index in [1.165, 1.54) is 26.5 Å². The summed E-state index contributed by atoms with van der Waals surface area (Å²) < 4.78 is 29.8. The Balaban J connectivity index is 2.31. The SMILES string of the molecule is COc1cc(OC)cc(Oc2ncc(Br)cc2F)c1. The molecule has 0 fully saturated rings. The van der Waals surface area contributed by atoms with E-state index >= 15 is 0 Å². The predicted molar refractivity (Wildman–Crippen MR) is 71.5 cm³/mol. The number of halogens is 2. The highest BCUT2D eigenvalue weighted by Crippen LogP contribution is 2.31. The Morgan fingerprint density at radius 1 is 1.00 bits per heavy atom. The van der Waals surface area contributed by atoms with Crippen LogP contribution in [-0.2, 0) is 0 Å². The van der Waals surface area contributed by atoms with Crippen LogP contribution < -0.4 is 14.2 Å². The predicted octanol–water partition coefficient (Wildman–Crippen LogP) is 3.79. The molecule has 0 spiro atoms. The third-order valence-electron chi connectivity index (χ3n) is 2.31. The van der Waals surface area contributed by atoms with Crippen LogP contribution in [0.3, 0.4) is 0 Å². The number of methoxy groups -OCH3 is 2. The van der Waals surface area contributed by atoms with Gasteiger partial charge in [-0.05, 0) is 22.0 Å². The van der Waals surface area contributed by atoms with Gasteiger partial charge in [-0.2, -0.15) is 0 Å². The molecule has 0 saturated heterocycles. The lowest BCUT2D eigenvalue weighted by molar-refractivity contribution is 0.380. The van der Waals surface area contributed by atoms with E-state index in [0.29, 0.717) is 21.7 Å². The Kier molecular flexibility index (Phi) is 4.21. The Hall–Kier alpha value is -1.82. The summed E-state index contributed by atoms with van der Waals surface area (Å²) in [6, 6.07) is 6.20. The summed E-state index contributed by atoms with van der Waals surface area (Å²) in [5.41, 5.74) is 0. The molecule has 0 amide bonds. The van der Waals surface area contributed by atoms with Gasteiger partial charge in [0.2, 0.25) is 0 Å². The molecule has 0 unspecified atom stereocenters. The molecule has 19 heavy (non-hydrogen) atoms. The van der Waals surface area contributed by atoms with Crippen molar-refractivity contribution in [3.63, 3.8) is 0 Å². The number of hydrogen-bond donors (Lipinski definition) is 0. The van der Waals surface area contributed by atoms with E-state index in [9.17, 15) is 4.39 Å². The summed E-state index contributed by atoms with van der Waals surface area (Å²) in [5.74, 6) is 0.804. The second-order valence-corrected chi connectivity index (χ2v) is 4.51. The molecule has 4 nitrogen and oxygen atoms in total. The number of hydrogen-bond acceptors (Lipinski definition) is 4. The summed E-state index contributed by atoms with van der Waals surface area (Å²) in [6.07, 6.45) is 1.45. The van der Waals surface area contributed by atoms with Crippen LogP contribution in [0, 0.1) is 5.82 Å². The van der Waals surface area contributed by atoms with E-state index in [1.54, 1.807) is 18.2 Å². The van der Waals surface area contributed by atoms with Gasteiger partial charge in [0, 0.05) is 28.9 Å². The second-order valence-electron chi connectivity index (χ2n) is 3.59. The molecule has 0 aliphatic carbocycles. The fourth-order valence-corrected chi connectivity index (χ4v) is 1.73. The normalized spacial score (nSPS) is 10.1. The molecule has 6 heteroatoms. The van der Waals surface area contributed by atoms with Gasteiger partial charge in [-0.3, -0.25) is 0 Å². The fourth-order valence-electron chi connectivity index (χ4n) is 1.43. The molecule has 0 aliphatic rings. The number of nitrogens with zero attached hydrogens (tertiary/aromatic N) is 1. The molecule has 1 aromatic heterocycles. The van der Waals surface area contributed by atoms with Crippen molar-refractivity contribution in [3.05, 3.63) is 40.8 Å². The van der Waals surface area contributed by atoms with Crippen LogP contribution in [0.4, 0.5) is 4.39 Å². The maximum Gasteiger partial charge on any atom is 0.255 e. The van der Waals surface area contributed by atoms with Crippen LogP contribution in [0.2, 0.25) is 0 Å². The van der Waals surface area contributed by atoms with Crippen LogP contribution in [0.15, 0.2) is 34.9 Å². The lowest BCUT2D eigenvalue weighted by atomic mass is 10.3. The summed E-state index contributed by atoms with van der Waals surface area (Å²) in [6.45, 7) is 0. The van der Waals surface area contributed by atoms with Crippen LogP contribution >= 0.6 is 15.9 Å². The van der Waals surface area contributed by atoms with Crippen LogP contribution in [0.5, 0.6) is 23.1 Å². The third kappa shape index (κ3) is 3.35. The average molecular weight is 328 g/mol. The first kappa shape index (κ1) is 13.6. The monoisotopic (exact) mass is 327 g/mol. The Morgan fingerprint density at radius 2 is 1.58 bits per heavy atom. The van der Waals surface area contributed by atoms with Crippen molar-refractivity contribution < 1.29 is 18.6 Å². The molecule has 0 atom stereocenters. The van der Waals surface area contributed by atoms with E-state index in [0.717, 1.165) is 0 Å². The molecule has 1 aromatic carbocycles. The lowest BCUT2D eigenvalue weighted by Gasteiger charge is -2.09. The van der Waals surface area contributed by atoms with Crippen molar-refractivity contribution >= 4 is 15.9 Å². The minimum atomic E-state index is -0.559. The van der Waals surface area contributed by atoms with Crippen molar-refractivity contribution in [1.29, 1.82) is 0 Å². The van der Waals surface area contributed by atoms with E-state index in [4.69, 9.17) is 14.2 Å². The fraction of sp³-hybridized carbons (Fsp3) is 0.154. The Labute approximate surface area is 118 Å². The standard InChI is InChI=1S/C13H11BrFNO3/c1-17-9-4-10(18-2)6-11(5-9)19-13-12(15)3-8(14)7-16-13/h3-7H,1-2H3. The van der Waals surface area contributed by atoms with Gasteiger partial charge in [-0.1, -0.05) is 0 Å². The molecular formula is C13H11BrFNO3. The van der Waals surface area contributed by atoms with Gasteiger partial charge in [-0.25, -0.2) is 9.37 Å². The molecule has 2 rings (SSSR count). The molecule has 0 aliphatic heterocycles. The van der Waals surface area contributed by atoms with Gasteiger partial charge >= 0.3 is 0 Å². The van der Waals surface area contributed by atoms with Crippen LogP contribution in [0.25, 0.3) is 0 Å². The quantitative estimate of drug-likeness (QED) is 0.856. The highest BCUT2D eigenvalue weighted by Gasteiger charge is 2.09. The number of benzene rings is 1. The zero-order valence-corrected chi connectivity index (χ0v) is 11.9. The number of pyridine rings is 1. The largest absolute Gasteiger partial charge is 0.496 e. The highest BCUT2D eigenvalue weighted by molar-refractivity contribution is 9.10. The molecule has 100 valence electrons. The molecule has 0 saturated carbocycles. The second kappa shape index (κ2) is 5.88. The molecule has 0 radical (unpaired) electrons. The van der Waals surface area contributed by atoms with E-state index in [-0.39, 0.29) is 5.88 Å². The van der Waals surface area contributed by atoms with Crippen molar-refractivity contribution in [2.24, 2.45) is 0 Å². The minimum Gasteiger partial charge on any atom is -0.496 e. The van der Waals surface area contributed by atoms with E-state index in [1.807, 2.05) is 0 Å².